The SMILES string of the molecule is CC(C)NC(=O)O[C@@H]1CC[C@H](c2cc(Nc3nccc4nc(CN5CC(C(F)(F)F)C5)cn34)n[nH]2)[C@@H]1F. The van der Waals surface area contributed by atoms with E-state index in [9.17, 15) is 18.0 Å². The van der Waals surface area contributed by atoms with Crippen LogP contribution in [0.5, 0.6) is 0 Å². The van der Waals surface area contributed by atoms with Crippen molar-refractivity contribution < 1.29 is 27.1 Å². The number of H-pyrrole nitrogens is 1. The second kappa shape index (κ2) is 9.80. The Bertz CT molecular complexity index is 1250. The summed E-state index contributed by atoms with van der Waals surface area (Å²) in [6.07, 6.45) is -2.84. The van der Waals surface area contributed by atoms with Crippen molar-refractivity contribution in [2.45, 2.75) is 63.6 Å². The maximum absolute atomic E-state index is 15.0. The van der Waals surface area contributed by atoms with Crippen molar-refractivity contribution in [1.82, 2.24) is 34.8 Å². The van der Waals surface area contributed by atoms with Gasteiger partial charge in [-0.25, -0.2) is 19.2 Å². The van der Waals surface area contributed by atoms with Crippen LogP contribution >= 0.6 is 0 Å². The first-order chi connectivity index (χ1) is 17.6. The third kappa shape index (κ3) is 5.48. The van der Waals surface area contributed by atoms with Crippen molar-refractivity contribution in [3.05, 3.63) is 35.9 Å². The number of aromatic nitrogens is 5. The number of amides is 1. The molecule has 1 saturated heterocycles. The van der Waals surface area contributed by atoms with Crippen LogP contribution < -0.4 is 10.6 Å². The minimum absolute atomic E-state index is 0.0399. The molecule has 3 atom stereocenters. The number of rotatable bonds is 7. The summed E-state index contributed by atoms with van der Waals surface area (Å²) in [6.45, 7) is 3.81. The zero-order valence-electron chi connectivity index (χ0n) is 20.3. The number of hydrogen-bond donors (Lipinski definition) is 3. The first-order valence-corrected chi connectivity index (χ1v) is 12.1. The predicted molar refractivity (Wildman–Crippen MR) is 125 cm³/mol. The van der Waals surface area contributed by atoms with Gasteiger partial charge >= 0.3 is 12.3 Å². The second-order valence-corrected chi connectivity index (χ2v) is 9.87. The minimum Gasteiger partial charge on any atom is -0.443 e. The largest absolute Gasteiger partial charge is 0.443 e. The fourth-order valence-corrected chi connectivity index (χ4v) is 4.76. The minimum atomic E-state index is -4.17. The van der Waals surface area contributed by atoms with E-state index >= 15 is 4.39 Å². The molecule has 14 heteroatoms. The quantitative estimate of drug-likeness (QED) is 0.402. The lowest BCUT2D eigenvalue weighted by Gasteiger charge is -2.39. The van der Waals surface area contributed by atoms with Gasteiger partial charge in [0.2, 0.25) is 5.95 Å². The lowest BCUT2D eigenvalue weighted by molar-refractivity contribution is -0.210. The lowest BCUT2D eigenvalue weighted by atomic mass is 10.00. The number of alkyl carbamates (subject to hydrolysis) is 1. The summed E-state index contributed by atoms with van der Waals surface area (Å²) in [6, 6.07) is 3.27. The molecule has 1 saturated carbocycles. The van der Waals surface area contributed by atoms with Crippen molar-refractivity contribution in [2.75, 3.05) is 18.4 Å². The monoisotopic (exact) mass is 524 g/mol. The highest BCUT2D eigenvalue weighted by Crippen LogP contribution is 2.39. The van der Waals surface area contributed by atoms with Gasteiger partial charge in [0.25, 0.3) is 0 Å². The molecule has 0 radical (unpaired) electrons. The molecule has 3 aromatic rings. The van der Waals surface area contributed by atoms with Crippen LogP contribution in [0.25, 0.3) is 5.65 Å². The Kier molecular flexibility index (Phi) is 6.68. The number of ether oxygens (including phenoxy) is 1. The van der Waals surface area contributed by atoms with E-state index in [2.05, 4.69) is 30.8 Å². The first kappa shape index (κ1) is 25.2. The number of anilines is 2. The molecule has 0 aromatic carbocycles. The van der Waals surface area contributed by atoms with Crippen LogP contribution in [0, 0.1) is 5.92 Å². The molecule has 3 N–H and O–H groups in total. The Morgan fingerprint density at radius 1 is 1.30 bits per heavy atom. The number of aromatic amines is 1. The highest BCUT2D eigenvalue weighted by atomic mass is 19.4. The van der Waals surface area contributed by atoms with Gasteiger partial charge in [-0.3, -0.25) is 14.4 Å². The molecule has 200 valence electrons. The summed E-state index contributed by atoms with van der Waals surface area (Å²) in [5.74, 6) is -0.975. The van der Waals surface area contributed by atoms with Gasteiger partial charge in [0, 0.05) is 55.7 Å². The van der Waals surface area contributed by atoms with Gasteiger partial charge in [-0.2, -0.15) is 18.3 Å². The molecular formula is C23H28F4N8O2. The van der Waals surface area contributed by atoms with E-state index in [1.807, 2.05) is 0 Å². The van der Waals surface area contributed by atoms with Crippen LogP contribution in [-0.4, -0.2) is 73.1 Å². The van der Waals surface area contributed by atoms with Crippen LogP contribution in [0.4, 0.5) is 34.1 Å². The number of halogens is 4. The average Bonchev–Trinajstić information content (AvgIpc) is 3.48. The van der Waals surface area contributed by atoms with Crippen molar-refractivity contribution in [3.63, 3.8) is 0 Å². The van der Waals surface area contributed by atoms with Gasteiger partial charge in [-0.1, -0.05) is 0 Å². The van der Waals surface area contributed by atoms with Gasteiger partial charge in [-0.05, 0) is 32.8 Å². The number of nitrogens with one attached hydrogen (secondary N) is 3. The Hall–Kier alpha value is -3.42. The molecule has 1 aliphatic heterocycles. The van der Waals surface area contributed by atoms with Crippen molar-refractivity contribution in [1.29, 1.82) is 0 Å². The summed E-state index contributed by atoms with van der Waals surface area (Å²) < 4.78 is 60.3. The standard InChI is InChI=1S/C23H28F4N8O2/c1-12(2)29-22(36)37-17-4-3-15(20(17)24)16-7-18(33-32-16)31-21-28-6-5-19-30-14(11-35(19)21)10-34-8-13(9-34)23(25,26)27/h5-7,11-13,15,17,20H,3-4,8-10H2,1-2H3,(H,29,36)(H2,28,31,32,33)/t15-,17-,20+/m1/s1. The predicted octanol–water partition coefficient (Wildman–Crippen LogP) is 3.91. The summed E-state index contributed by atoms with van der Waals surface area (Å²) in [5, 5.41) is 12.8. The zero-order valence-corrected chi connectivity index (χ0v) is 20.3. The van der Waals surface area contributed by atoms with Gasteiger partial charge in [0.15, 0.2) is 5.82 Å². The molecule has 5 rings (SSSR count). The Labute approximate surface area is 209 Å². The lowest BCUT2D eigenvalue weighted by Crippen LogP contribution is -2.52. The third-order valence-electron chi connectivity index (χ3n) is 6.64. The molecule has 2 fully saturated rings. The summed E-state index contributed by atoms with van der Waals surface area (Å²) in [7, 11) is 0. The number of imidazole rings is 1. The Balaban J connectivity index is 1.22. The van der Waals surface area contributed by atoms with Crippen LogP contribution in [0.3, 0.4) is 0 Å². The fourth-order valence-electron chi connectivity index (χ4n) is 4.76. The summed E-state index contributed by atoms with van der Waals surface area (Å²) in [4.78, 5) is 22.4. The molecule has 10 nitrogen and oxygen atoms in total. The molecule has 2 aliphatic rings. The third-order valence-corrected chi connectivity index (χ3v) is 6.64. The van der Waals surface area contributed by atoms with Gasteiger partial charge in [-0.15, -0.1) is 0 Å². The van der Waals surface area contributed by atoms with E-state index in [0.717, 1.165) is 0 Å². The van der Waals surface area contributed by atoms with Gasteiger partial charge in [0.05, 0.1) is 11.6 Å². The van der Waals surface area contributed by atoms with E-state index in [1.165, 1.54) is 0 Å². The van der Waals surface area contributed by atoms with E-state index in [4.69, 9.17) is 4.74 Å². The van der Waals surface area contributed by atoms with Crippen molar-refractivity contribution in [2.24, 2.45) is 5.92 Å². The van der Waals surface area contributed by atoms with Crippen LogP contribution in [0.15, 0.2) is 24.5 Å². The number of carbonyl (C=O) groups excluding carboxylic acids is 1. The number of carbonyl (C=O) groups is 1. The highest BCUT2D eigenvalue weighted by molar-refractivity contribution is 5.67. The number of likely N-dealkylation sites (tertiary alicyclic amines) is 1. The maximum Gasteiger partial charge on any atom is 0.407 e. The Morgan fingerprint density at radius 2 is 2.08 bits per heavy atom. The molecule has 1 aliphatic carbocycles. The van der Waals surface area contributed by atoms with E-state index in [-0.39, 0.29) is 19.1 Å². The number of nitrogens with zero attached hydrogens (tertiary/aromatic N) is 5. The van der Waals surface area contributed by atoms with Crippen LogP contribution in [-0.2, 0) is 11.3 Å². The van der Waals surface area contributed by atoms with Gasteiger partial charge < -0.3 is 15.4 Å². The number of hydrogen-bond acceptors (Lipinski definition) is 7. The van der Waals surface area contributed by atoms with Crippen molar-refractivity contribution >= 4 is 23.5 Å². The molecule has 3 aromatic heterocycles. The van der Waals surface area contributed by atoms with Gasteiger partial charge in [0.1, 0.15) is 17.9 Å². The molecule has 37 heavy (non-hydrogen) atoms. The maximum atomic E-state index is 15.0. The number of alkyl halides is 4. The Morgan fingerprint density at radius 3 is 2.81 bits per heavy atom. The van der Waals surface area contributed by atoms with Crippen molar-refractivity contribution in [3.8, 4) is 0 Å². The molecule has 1 amide bonds. The highest BCUT2D eigenvalue weighted by Gasteiger charge is 2.47. The van der Waals surface area contributed by atoms with Crippen LogP contribution in [0.1, 0.15) is 44.0 Å². The first-order valence-electron chi connectivity index (χ1n) is 12.1. The topological polar surface area (TPSA) is 112 Å². The molecule has 4 heterocycles. The average molecular weight is 525 g/mol. The van der Waals surface area contributed by atoms with E-state index < -0.39 is 36.4 Å². The van der Waals surface area contributed by atoms with E-state index in [1.54, 1.807) is 47.7 Å². The number of fused-ring (bicyclic) bond motifs is 1. The van der Waals surface area contributed by atoms with E-state index in [0.29, 0.717) is 48.2 Å². The molecule has 0 bridgehead atoms. The zero-order chi connectivity index (χ0) is 26.3. The fraction of sp³-hybridized carbons (Fsp3) is 0.565. The smallest absolute Gasteiger partial charge is 0.407 e. The summed E-state index contributed by atoms with van der Waals surface area (Å²) in [5.41, 5.74) is 1.77. The normalized spacial score (nSPS) is 22.9. The second-order valence-electron chi connectivity index (χ2n) is 9.87. The summed E-state index contributed by atoms with van der Waals surface area (Å²) >= 11 is 0. The molecule has 0 unspecified atom stereocenters. The molecular weight excluding hydrogens is 496 g/mol. The molecule has 0 spiro atoms. The van der Waals surface area contributed by atoms with Crippen LogP contribution in [0.2, 0.25) is 0 Å².